The number of rotatable bonds is 7. The maximum atomic E-state index is 5.65. The summed E-state index contributed by atoms with van der Waals surface area (Å²) in [5, 5.41) is 3.63. The lowest BCUT2D eigenvalue weighted by Crippen LogP contribution is -2.29. The zero-order chi connectivity index (χ0) is 21.8. The van der Waals surface area contributed by atoms with Crippen molar-refractivity contribution in [1.82, 2.24) is 0 Å². The van der Waals surface area contributed by atoms with Crippen molar-refractivity contribution in [2.45, 2.75) is 19.6 Å². The van der Waals surface area contributed by atoms with Gasteiger partial charge in [-0.3, -0.25) is 0 Å². The molecule has 6 heteroatoms. The predicted octanol–water partition coefficient (Wildman–Crippen LogP) is 5.02. The Balaban J connectivity index is 2.38. The van der Waals surface area contributed by atoms with E-state index < -0.39 is 15.3 Å². The van der Waals surface area contributed by atoms with Crippen LogP contribution in [0.5, 0.6) is 17.2 Å². The van der Waals surface area contributed by atoms with Gasteiger partial charge >= 0.3 is 0 Å². The molecule has 0 aliphatic rings. The number of nitrogens with zero attached hydrogens (tertiary/aromatic N) is 1. The minimum Gasteiger partial charge on any atom is -0.497 e. The molecule has 158 valence electrons. The molecule has 3 aromatic carbocycles. The Morgan fingerprint density at radius 1 is 0.533 bits per heavy atom. The van der Waals surface area contributed by atoms with Gasteiger partial charge in [-0.05, 0) is 88.7 Å². The lowest BCUT2D eigenvalue weighted by atomic mass is 10.3. The van der Waals surface area contributed by atoms with Crippen LogP contribution in [0.3, 0.4) is 0 Å². The Kier molecular flexibility index (Phi) is 6.74. The van der Waals surface area contributed by atoms with E-state index in [-0.39, 0.29) is 0 Å². The second kappa shape index (κ2) is 9.11. The second-order valence-corrected chi connectivity index (χ2v) is 16.0. The summed E-state index contributed by atoms with van der Waals surface area (Å²) in [7, 11) is 1.00. The molecule has 0 saturated carbocycles. The van der Waals surface area contributed by atoms with Gasteiger partial charge in [0, 0.05) is 7.05 Å². The first-order valence-corrected chi connectivity index (χ1v) is 15.1. The summed E-state index contributed by atoms with van der Waals surface area (Å²) in [4.78, 5) is 0. The molecule has 0 fully saturated rings. The van der Waals surface area contributed by atoms with E-state index in [0.29, 0.717) is 0 Å². The van der Waals surface area contributed by atoms with Gasteiger partial charge in [0.2, 0.25) is 0 Å². The lowest BCUT2D eigenvalue weighted by molar-refractivity contribution is 0.415. The summed E-state index contributed by atoms with van der Waals surface area (Å²) in [6, 6.07) is 25.1. The first-order valence-electron chi connectivity index (χ1n) is 9.90. The third kappa shape index (κ3) is 4.63. The van der Waals surface area contributed by atoms with Crippen LogP contribution in [0.25, 0.3) is 0 Å². The third-order valence-electron chi connectivity index (χ3n) is 4.79. The molecule has 0 aliphatic heterocycles. The van der Waals surface area contributed by atoms with Crippen molar-refractivity contribution in [3.8, 4) is 17.2 Å². The van der Waals surface area contributed by atoms with E-state index in [2.05, 4.69) is 56.0 Å². The highest BCUT2D eigenvalue weighted by atomic mass is 31.2. The Hall–Kier alpha value is -2.49. The molecular formula is C24H30NO3PSi. The number of methoxy groups -OCH3 is 3. The normalized spacial score (nSPS) is 11.7. The highest BCUT2D eigenvalue weighted by Crippen LogP contribution is 2.48. The fourth-order valence-electron chi connectivity index (χ4n) is 3.46. The SMILES string of the molecule is COc1ccc(P(=N[Si](C)(C)C)(c2ccc(OC)cc2)c2ccc(OC)cc2)cc1. The van der Waals surface area contributed by atoms with Gasteiger partial charge in [-0.15, -0.1) is 0 Å². The quantitative estimate of drug-likeness (QED) is 0.383. The summed E-state index contributed by atoms with van der Waals surface area (Å²) in [5.41, 5.74) is 0. The highest BCUT2D eigenvalue weighted by molar-refractivity contribution is 7.88. The predicted molar refractivity (Wildman–Crippen MR) is 131 cm³/mol. The standard InChI is InChI=1S/C24H30NO3PSi/c1-26-19-7-13-22(14-8-19)29(25-30(4,5)6,23-15-9-20(27-2)10-16-23)24-17-11-21(28-3)12-18-24/h7-18H,1-6H3. The van der Waals surface area contributed by atoms with E-state index in [1.165, 1.54) is 15.9 Å². The van der Waals surface area contributed by atoms with Crippen molar-refractivity contribution in [3.63, 3.8) is 0 Å². The first kappa shape index (κ1) is 22.2. The molecular weight excluding hydrogens is 409 g/mol. The van der Waals surface area contributed by atoms with Crippen LogP contribution < -0.4 is 30.1 Å². The van der Waals surface area contributed by atoms with Crippen molar-refractivity contribution >= 4 is 31.2 Å². The van der Waals surface area contributed by atoms with Crippen molar-refractivity contribution in [3.05, 3.63) is 72.8 Å². The molecule has 0 bridgehead atoms. The van der Waals surface area contributed by atoms with E-state index >= 15 is 0 Å². The van der Waals surface area contributed by atoms with Gasteiger partial charge in [-0.1, -0.05) is 19.6 Å². The molecule has 0 unspecified atom stereocenters. The summed E-state index contributed by atoms with van der Waals surface area (Å²) < 4.78 is 21.9. The van der Waals surface area contributed by atoms with Crippen LogP contribution in [0.2, 0.25) is 19.6 Å². The molecule has 30 heavy (non-hydrogen) atoms. The van der Waals surface area contributed by atoms with Gasteiger partial charge < -0.3 is 18.6 Å². The molecule has 3 rings (SSSR count). The number of hydrogen-bond acceptors (Lipinski definition) is 4. The number of hydrogen-bond donors (Lipinski definition) is 0. The molecule has 4 nitrogen and oxygen atoms in total. The van der Waals surface area contributed by atoms with Crippen molar-refractivity contribution < 1.29 is 14.2 Å². The molecule has 3 aromatic rings. The number of ether oxygens (including phenoxy) is 3. The van der Waals surface area contributed by atoms with Crippen molar-refractivity contribution in [2.24, 2.45) is 4.41 Å². The van der Waals surface area contributed by atoms with Gasteiger partial charge in [-0.2, -0.15) is 0 Å². The maximum absolute atomic E-state index is 5.65. The molecule has 0 atom stereocenters. The monoisotopic (exact) mass is 439 g/mol. The van der Waals surface area contributed by atoms with Crippen LogP contribution in [0.4, 0.5) is 0 Å². The van der Waals surface area contributed by atoms with E-state index in [9.17, 15) is 0 Å². The summed E-state index contributed by atoms with van der Waals surface area (Å²) in [6.45, 7) is 6.87. The van der Waals surface area contributed by atoms with Gasteiger partial charge in [-0.25, -0.2) is 0 Å². The van der Waals surface area contributed by atoms with Crippen molar-refractivity contribution in [2.75, 3.05) is 21.3 Å². The molecule has 0 radical (unpaired) electrons. The Labute approximate surface area is 181 Å². The van der Waals surface area contributed by atoms with Crippen LogP contribution in [0.1, 0.15) is 0 Å². The van der Waals surface area contributed by atoms with Crippen LogP contribution in [-0.2, 0) is 0 Å². The minimum atomic E-state index is -2.25. The summed E-state index contributed by atoms with van der Waals surface area (Å²) >= 11 is 0. The Bertz CT molecular complexity index is 902. The van der Waals surface area contributed by atoms with Crippen molar-refractivity contribution in [1.29, 1.82) is 0 Å². The van der Waals surface area contributed by atoms with E-state index in [0.717, 1.165) is 17.2 Å². The van der Waals surface area contributed by atoms with Gasteiger partial charge in [0.1, 0.15) is 17.2 Å². The van der Waals surface area contributed by atoms with Gasteiger partial charge in [0.15, 0.2) is 8.24 Å². The molecule has 0 aromatic heterocycles. The minimum absolute atomic E-state index is 0.842. The van der Waals surface area contributed by atoms with Crippen LogP contribution in [-0.4, -0.2) is 29.6 Å². The fraction of sp³-hybridized carbons (Fsp3) is 0.250. The van der Waals surface area contributed by atoms with Gasteiger partial charge in [0.25, 0.3) is 0 Å². The molecule has 0 N–H and O–H groups in total. The van der Waals surface area contributed by atoms with E-state index in [1.807, 2.05) is 36.4 Å². The maximum Gasteiger partial charge on any atom is 0.171 e. The average molecular weight is 440 g/mol. The molecule has 0 aliphatic carbocycles. The average Bonchev–Trinajstić information content (AvgIpc) is 2.77. The fourth-order valence-corrected chi connectivity index (χ4v) is 11.1. The summed E-state index contributed by atoms with van der Waals surface area (Å²) in [6.07, 6.45) is 0. The zero-order valence-electron chi connectivity index (χ0n) is 18.5. The van der Waals surface area contributed by atoms with Crippen LogP contribution >= 0.6 is 7.05 Å². The molecule has 0 heterocycles. The Morgan fingerprint density at radius 2 is 0.800 bits per heavy atom. The first-order chi connectivity index (χ1) is 14.3. The van der Waals surface area contributed by atoms with Gasteiger partial charge in [0.05, 0.1) is 21.3 Å². The summed E-state index contributed by atoms with van der Waals surface area (Å²) in [5.74, 6) is 2.53. The van der Waals surface area contributed by atoms with E-state index in [1.54, 1.807) is 21.3 Å². The zero-order valence-corrected chi connectivity index (χ0v) is 20.4. The third-order valence-corrected chi connectivity index (χ3v) is 11.5. The topological polar surface area (TPSA) is 40.0 Å². The van der Waals surface area contributed by atoms with Crippen LogP contribution in [0.15, 0.2) is 77.2 Å². The second-order valence-electron chi connectivity index (χ2n) is 8.00. The largest absolute Gasteiger partial charge is 0.497 e. The Morgan fingerprint density at radius 3 is 1.00 bits per heavy atom. The number of benzene rings is 3. The van der Waals surface area contributed by atoms with E-state index in [4.69, 9.17) is 18.6 Å². The van der Waals surface area contributed by atoms with Crippen LogP contribution in [0, 0.1) is 0 Å². The smallest absolute Gasteiger partial charge is 0.171 e. The molecule has 0 spiro atoms. The molecule has 0 amide bonds. The molecule has 0 saturated heterocycles. The highest BCUT2D eigenvalue weighted by Gasteiger charge is 2.30. The lowest BCUT2D eigenvalue weighted by Gasteiger charge is -2.31.